The van der Waals surface area contributed by atoms with Crippen LogP contribution in [0.4, 0.5) is 0 Å². The van der Waals surface area contributed by atoms with Crippen LogP contribution in [0.2, 0.25) is 0 Å². The zero-order valence-corrected chi connectivity index (χ0v) is 13.5. The van der Waals surface area contributed by atoms with Gasteiger partial charge in [-0.1, -0.05) is 0 Å². The van der Waals surface area contributed by atoms with E-state index in [1.165, 1.54) is 21.9 Å². The molecule has 0 aliphatic carbocycles. The Balaban J connectivity index is 1.89. The lowest BCUT2D eigenvalue weighted by molar-refractivity contribution is -0.131. The molecule has 0 aromatic carbocycles. The topological polar surface area (TPSA) is 70.6 Å². The standard InChI is InChI=1S/C11H16ClN3O3S2/c1-20(17,18)15-4-2-14(3-5-15)11(16)6-10-13-9(7-12)8-19-10/h8H,2-7H2,1H3. The first-order valence-electron chi connectivity index (χ1n) is 6.12. The van der Waals surface area contributed by atoms with Crippen LogP contribution < -0.4 is 0 Å². The molecule has 0 spiro atoms. The number of halogens is 1. The molecule has 0 atom stereocenters. The van der Waals surface area contributed by atoms with Crippen molar-refractivity contribution in [1.29, 1.82) is 0 Å². The van der Waals surface area contributed by atoms with Gasteiger partial charge in [-0.05, 0) is 0 Å². The Bertz CT molecular complexity index is 579. The second-order valence-corrected chi connectivity index (χ2v) is 7.78. The molecule has 1 saturated heterocycles. The van der Waals surface area contributed by atoms with E-state index in [0.717, 1.165) is 10.7 Å². The van der Waals surface area contributed by atoms with Crippen molar-refractivity contribution in [2.45, 2.75) is 12.3 Å². The molecule has 20 heavy (non-hydrogen) atoms. The molecule has 1 aromatic rings. The summed E-state index contributed by atoms with van der Waals surface area (Å²) in [6, 6.07) is 0. The minimum absolute atomic E-state index is 0.0198. The number of amides is 1. The van der Waals surface area contributed by atoms with Crippen LogP contribution in [0.5, 0.6) is 0 Å². The zero-order valence-electron chi connectivity index (χ0n) is 11.1. The van der Waals surface area contributed by atoms with E-state index in [4.69, 9.17) is 11.6 Å². The maximum Gasteiger partial charge on any atom is 0.229 e. The fourth-order valence-corrected chi connectivity index (χ4v) is 3.84. The number of carbonyl (C=O) groups is 1. The molecule has 6 nitrogen and oxygen atoms in total. The SMILES string of the molecule is CS(=O)(=O)N1CCN(C(=O)Cc2nc(CCl)cs2)CC1. The Kier molecular flexibility index (Phi) is 5.00. The van der Waals surface area contributed by atoms with Gasteiger partial charge in [0.15, 0.2) is 0 Å². The number of aromatic nitrogens is 1. The van der Waals surface area contributed by atoms with Crippen LogP contribution in [0.3, 0.4) is 0 Å². The number of sulfonamides is 1. The van der Waals surface area contributed by atoms with Crippen LogP contribution in [0.15, 0.2) is 5.38 Å². The predicted molar refractivity (Wildman–Crippen MR) is 78.4 cm³/mol. The lowest BCUT2D eigenvalue weighted by atomic mass is 10.3. The van der Waals surface area contributed by atoms with E-state index >= 15 is 0 Å². The van der Waals surface area contributed by atoms with Crippen LogP contribution in [-0.4, -0.2) is 60.9 Å². The Morgan fingerprint density at radius 2 is 2.05 bits per heavy atom. The Hall–Kier alpha value is -0.700. The summed E-state index contributed by atoms with van der Waals surface area (Å²) in [6.45, 7) is 1.57. The number of alkyl halides is 1. The molecular weight excluding hydrogens is 322 g/mol. The Morgan fingerprint density at radius 3 is 2.55 bits per heavy atom. The van der Waals surface area contributed by atoms with Gasteiger partial charge >= 0.3 is 0 Å². The van der Waals surface area contributed by atoms with Crippen molar-refractivity contribution in [3.05, 3.63) is 16.1 Å². The van der Waals surface area contributed by atoms with E-state index in [1.807, 2.05) is 5.38 Å². The van der Waals surface area contributed by atoms with Gasteiger partial charge in [-0.15, -0.1) is 22.9 Å². The first kappa shape index (κ1) is 15.7. The fourth-order valence-electron chi connectivity index (χ4n) is 2.00. The van der Waals surface area contributed by atoms with Crippen LogP contribution in [0.1, 0.15) is 10.7 Å². The van der Waals surface area contributed by atoms with Gasteiger partial charge in [0.1, 0.15) is 5.01 Å². The number of piperazine rings is 1. The smallest absolute Gasteiger partial charge is 0.229 e. The van der Waals surface area contributed by atoms with Crippen molar-refractivity contribution in [3.63, 3.8) is 0 Å². The van der Waals surface area contributed by atoms with Gasteiger partial charge in [-0.3, -0.25) is 4.79 Å². The van der Waals surface area contributed by atoms with Crippen LogP contribution >= 0.6 is 22.9 Å². The Labute approximate surface area is 127 Å². The molecule has 0 bridgehead atoms. The molecule has 1 aliphatic rings. The van der Waals surface area contributed by atoms with E-state index in [9.17, 15) is 13.2 Å². The molecule has 1 aromatic heterocycles. The first-order chi connectivity index (χ1) is 9.40. The molecule has 0 N–H and O–H groups in total. The van der Waals surface area contributed by atoms with E-state index in [1.54, 1.807) is 4.90 Å². The molecule has 1 amide bonds. The summed E-state index contributed by atoms with van der Waals surface area (Å²) in [5.41, 5.74) is 0.779. The quantitative estimate of drug-likeness (QED) is 0.751. The van der Waals surface area contributed by atoms with E-state index < -0.39 is 10.0 Å². The van der Waals surface area contributed by atoms with Crippen molar-refractivity contribution < 1.29 is 13.2 Å². The van der Waals surface area contributed by atoms with Gasteiger partial charge in [0.25, 0.3) is 0 Å². The van der Waals surface area contributed by atoms with Gasteiger partial charge in [0, 0.05) is 31.6 Å². The van der Waals surface area contributed by atoms with Crippen molar-refractivity contribution >= 4 is 38.9 Å². The summed E-state index contributed by atoms with van der Waals surface area (Å²) in [7, 11) is -3.16. The normalized spacial score (nSPS) is 17.4. The summed E-state index contributed by atoms with van der Waals surface area (Å²) in [5, 5.41) is 2.59. The van der Waals surface area contributed by atoms with Crippen LogP contribution in [0.25, 0.3) is 0 Å². The molecule has 2 heterocycles. The van der Waals surface area contributed by atoms with Gasteiger partial charge in [-0.2, -0.15) is 4.31 Å². The highest BCUT2D eigenvalue weighted by Crippen LogP contribution is 2.14. The van der Waals surface area contributed by atoms with Crippen LogP contribution in [-0.2, 0) is 27.1 Å². The molecule has 0 radical (unpaired) electrons. The monoisotopic (exact) mass is 337 g/mol. The second kappa shape index (κ2) is 6.38. The number of thiazole rings is 1. The highest BCUT2D eigenvalue weighted by Gasteiger charge is 2.26. The molecule has 9 heteroatoms. The largest absolute Gasteiger partial charge is 0.340 e. The Morgan fingerprint density at radius 1 is 1.40 bits per heavy atom. The summed E-state index contributed by atoms with van der Waals surface area (Å²) >= 11 is 7.09. The number of nitrogens with zero attached hydrogens (tertiary/aromatic N) is 3. The first-order valence-corrected chi connectivity index (χ1v) is 9.38. The van der Waals surface area contributed by atoms with E-state index in [0.29, 0.717) is 32.1 Å². The molecule has 1 aliphatic heterocycles. The van der Waals surface area contributed by atoms with Gasteiger partial charge < -0.3 is 4.90 Å². The molecule has 0 unspecified atom stereocenters. The highest BCUT2D eigenvalue weighted by molar-refractivity contribution is 7.88. The summed E-state index contributed by atoms with van der Waals surface area (Å²) in [5.74, 6) is 0.325. The van der Waals surface area contributed by atoms with Crippen molar-refractivity contribution in [1.82, 2.24) is 14.2 Å². The van der Waals surface area contributed by atoms with E-state index in [2.05, 4.69) is 4.98 Å². The third-order valence-corrected chi connectivity index (χ3v) is 5.57. The minimum atomic E-state index is -3.16. The van der Waals surface area contributed by atoms with Gasteiger partial charge in [0.05, 0.1) is 24.3 Å². The number of hydrogen-bond donors (Lipinski definition) is 0. The van der Waals surface area contributed by atoms with Crippen molar-refractivity contribution in [3.8, 4) is 0 Å². The molecular formula is C11H16ClN3O3S2. The maximum atomic E-state index is 12.1. The van der Waals surface area contributed by atoms with Crippen molar-refractivity contribution in [2.24, 2.45) is 0 Å². The lowest BCUT2D eigenvalue weighted by Crippen LogP contribution is -2.50. The van der Waals surface area contributed by atoms with Gasteiger partial charge in [0.2, 0.25) is 15.9 Å². The second-order valence-electron chi connectivity index (χ2n) is 4.59. The third-order valence-electron chi connectivity index (χ3n) is 3.10. The summed E-state index contributed by atoms with van der Waals surface area (Å²) < 4.78 is 24.2. The zero-order chi connectivity index (χ0) is 14.8. The average Bonchev–Trinajstić information content (AvgIpc) is 2.85. The highest BCUT2D eigenvalue weighted by atomic mass is 35.5. The fraction of sp³-hybridized carbons (Fsp3) is 0.636. The predicted octanol–water partition coefficient (Wildman–Crippen LogP) is 0.528. The average molecular weight is 338 g/mol. The van der Waals surface area contributed by atoms with Crippen LogP contribution in [0, 0.1) is 0 Å². The molecule has 112 valence electrons. The number of hydrogen-bond acceptors (Lipinski definition) is 5. The number of rotatable bonds is 4. The number of carbonyl (C=O) groups excluding carboxylic acids is 1. The van der Waals surface area contributed by atoms with Crippen molar-refractivity contribution in [2.75, 3.05) is 32.4 Å². The van der Waals surface area contributed by atoms with E-state index in [-0.39, 0.29) is 12.3 Å². The molecule has 1 fully saturated rings. The lowest BCUT2D eigenvalue weighted by Gasteiger charge is -2.33. The summed E-state index contributed by atoms with van der Waals surface area (Å²) in [6.07, 6.45) is 1.44. The maximum absolute atomic E-state index is 12.1. The minimum Gasteiger partial charge on any atom is -0.340 e. The molecule has 0 saturated carbocycles. The van der Waals surface area contributed by atoms with Gasteiger partial charge in [-0.25, -0.2) is 13.4 Å². The third kappa shape index (κ3) is 3.91. The molecule has 2 rings (SSSR count). The summed E-state index contributed by atoms with van der Waals surface area (Å²) in [4.78, 5) is 18.0.